The summed E-state index contributed by atoms with van der Waals surface area (Å²) in [6.07, 6.45) is 0. The summed E-state index contributed by atoms with van der Waals surface area (Å²) >= 11 is 5.87. The van der Waals surface area contributed by atoms with Gasteiger partial charge in [0.1, 0.15) is 5.75 Å². The van der Waals surface area contributed by atoms with Gasteiger partial charge < -0.3 is 16.2 Å². The Kier molecular flexibility index (Phi) is 3.73. The van der Waals surface area contributed by atoms with Crippen LogP contribution in [0.2, 0.25) is 5.02 Å². The number of amides is 1. The molecule has 0 aromatic heterocycles. The summed E-state index contributed by atoms with van der Waals surface area (Å²) in [5, 5.41) is 0.523. The molecule has 1 aromatic carbocycles. The van der Waals surface area contributed by atoms with E-state index in [9.17, 15) is 4.79 Å². The average Bonchev–Trinajstić information content (AvgIpc) is 2.14. The van der Waals surface area contributed by atoms with Crippen LogP contribution >= 0.6 is 11.6 Å². The van der Waals surface area contributed by atoms with Crippen LogP contribution in [-0.4, -0.2) is 12.5 Å². The van der Waals surface area contributed by atoms with Crippen molar-refractivity contribution in [3.05, 3.63) is 28.8 Å². The van der Waals surface area contributed by atoms with Crippen LogP contribution in [0.25, 0.3) is 0 Å². The van der Waals surface area contributed by atoms with E-state index in [4.69, 9.17) is 27.8 Å². The number of rotatable bonds is 4. The molecule has 0 fully saturated rings. The molecule has 0 unspecified atom stereocenters. The molecule has 4 N–H and O–H groups in total. The van der Waals surface area contributed by atoms with Crippen LogP contribution in [0, 0.1) is 0 Å². The molecule has 1 rings (SSSR count). The molecular formula is C9H11ClN2O2. The zero-order chi connectivity index (χ0) is 10.6. The zero-order valence-electron chi connectivity index (χ0n) is 7.50. The Morgan fingerprint density at radius 2 is 2.21 bits per heavy atom. The SMILES string of the molecule is NCc1c(Cl)cccc1OCC(N)=O. The topological polar surface area (TPSA) is 78.3 Å². The monoisotopic (exact) mass is 214 g/mol. The minimum Gasteiger partial charge on any atom is -0.483 e. The Bertz CT molecular complexity index is 342. The maximum atomic E-state index is 10.5. The fourth-order valence-corrected chi connectivity index (χ4v) is 1.26. The molecule has 0 aliphatic carbocycles. The van der Waals surface area contributed by atoms with Crippen LogP contribution in [0.15, 0.2) is 18.2 Å². The Hall–Kier alpha value is -1.26. The fourth-order valence-electron chi connectivity index (χ4n) is 1.02. The van der Waals surface area contributed by atoms with Crippen LogP contribution in [-0.2, 0) is 11.3 Å². The summed E-state index contributed by atoms with van der Waals surface area (Å²) in [6, 6.07) is 5.12. The number of carbonyl (C=O) groups excluding carboxylic acids is 1. The second-order valence-corrected chi connectivity index (χ2v) is 3.08. The second kappa shape index (κ2) is 4.83. The largest absolute Gasteiger partial charge is 0.483 e. The number of ether oxygens (including phenoxy) is 1. The van der Waals surface area contributed by atoms with Crippen LogP contribution < -0.4 is 16.2 Å². The molecule has 0 saturated carbocycles. The van der Waals surface area contributed by atoms with Crippen LogP contribution in [0.4, 0.5) is 0 Å². The summed E-state index contributed by atoms with van der Waals surface area (Å²) < 4.78 is 5.13. The van der Waals surface area contributed by atoms with Gasteiger partial charge >= 0.3 is 0 Å². The number of hydrogen-bond donors (Lipinski definition) is 2. The predicted octanol–water partition coefficient (Wildman–Crippen LogP) is 0.663. The molecule has 0 heterocycles. The number of primary amides is 1. The van der Waals surface area contributed by atoms with Crippen molar-refractivity contribution >= 4 is 17.5 Å². The highest BCUT2D eigenvalue weighted by Gasteiger charge is 2.06. The van der Waals surface area contributed by atoms with E-state index >= 15 is 0 Å². The van der Waals surface area contributed by atoms with Gasteiger partial charge in [0.2, 0.25) is 0 Å². The highest BCUT2D eigenvalue weighted by atomic mass is 35.5. The van der Waals surface area contributed by atoms with Crippen LogP contribution in [0.3, 0.4) is 0 Å². The summed E-state index contributed by atoms with van der Waals surface area (Å²) in [6.45, 7) is 0.0844. The maximum absolute atomic E-state index is 10.5. The van der Waals surface area contributed by atoms with E-state index in [0.29, 0.717) is 16.3 Å². The summed E-state index contributed by atoms with van der Waals surface area (Å²) in [7, 11) is 0. The highest BCUT2D eigenvalue weighted by molar-refractivity contribution is 6.31. The molecule has 0 saturated heterocycles. The lowest BCUT2D eigenvalue weighted by atomic mass is 10.2. The minimum absolute atomic E-state index is 0.173. The Balaban J connectivity index is 2.85. The van der Waals surface area contributed by atoms with Gasteiger partial charge in [0, 0.05) is 17.1 Å². The van der Waals surface area contributed by atoms with Crippen molar-refractivity contribution in [2.24, 2.45) is 11.5 Å². The zero-order valence-corrected chi connectivity index (χ0v) is 8.25. The lowest BCUT2D eigenvalue weighted by molar-refractivity contribution is -0.119. The van der Waals surface area contributed by atoms with Gasteiger partial charge in [-0.25, -0.2) is 0 Å². The molecule has 0 radical (unpaired) electrons. The van der Waals surface area contributed by atoms with Crippen molar-refractivity contribution in [1.82, 2.24) is 0 Å². The van der Waals surface area contributed by atoms with Crippen LogP contribution in [0.1, 0.15) is 5.56 Å². The summed E-state index contributed by atoms with van der Waals surface area (Å²) in [5.41, 5.74) is 11.1. The first-order valence-corrected chi connectivity index (χ1v) is 4.41. The second-order valence-electron chi connectivity index (χ2n) is 2.68. The summed E-state index contributed by atoms with van der Waals surface area (Å²) in [4.78, 5) is 10.5. The normalized spacial score (nSPS) is 9.86. The van der Waals surface area contributed by atoms with Crippen molar-refractivity contribution in [3.8, 4) is 5.75 Å². The molecule has 5 heteroatoms. The van der Waals surface area contributed by atoms with E-state index < -0.39 is 5.91 Å². The van der Waals surface area contributed by atoms with Gasteiger partial charge in [-0.2, -0.15) is 0 Å². The highest BCUT2D eigenvalue weighted by Crippen LogP contribution is 2.25. The number of nitrogens with two attached hydrogens (primary N) is 2. The van der Waals surface area contributed by atoms with E-state index in [1.807, 2.05) is 0 Å². The average molecular weight is 215 g/mol. The van der Waals surface area contributed by atoms with Gasteiger partial charge in [-0.05, 0) is 12.1 Å². The Labute approximate surface area is 86.8 Å². The molecule has 76 valence electrons. The van der Waals surface area contributed by atoms with E-state index in [0.717, 1.165) is 0 Å². The molecule has 0 atom stereocenters. The van der Waals surface area contributed by atoms with Gasteiger partial charge in [0.25, 0.3) is 5.91 Å². The number of hydrogen-bond acceptors (Lipinski definition) is 3. The van der Waals surface area contributed by atoms with E-state index in [-0.39, 0.29) is 13.2 Å². The van der Waals surface area contributed by atoms with E-state index in [1.54, 1.807) is 18.2 Å². The third-order valence-electron chi connectivity index (χ3n) is 1.65. The lowest BCUT2D eigenvalue weighted by Crippen LogP contribution is -2.20. The molecule has 0 aliphatic heterocycles. The maximum Gasteiger partial charge on any atom is 0.255 e. The van der Waals surface area contributed by atoms with Crippen molar-refractivity contribution < 1.29 is 9.53 Å². The first-order valence-electron chi connectivity index (χ1n) is 4.03. The molecule has 1 aromatic rings. The van der Waals surface area contributed by atoms with Crippen molar-refractivity contribution in [3.63, 3.8) is 0 Å². The Morgan fingerprint density at radius 3 is 2.79 bits per heavy atom. The molecular weight excluding hydrogens is 204 g/mol. The first kappa shape index (κ1) is 10.8. The third-order valence-corrected chi connectivity index (χ3v) is 2.00. The van der Waals surface area contributed by atoms with Gasteiger partial charge in [0.05, 0.1) is 0 Å². The first-order chi connectivity index (χ1) is 6.65. The predicted molar refractivity (Wildman–Crippen MR) is 54.0 cm³/mol. The van der Waals surface area contributed by atoms with E-state index in [1.165, 1.54) is 0 Å². The van der Waals surface area contributed by atoms with Gasteiger partial charge in [0.15, 0.2) is 6.61 Å². The standard InChI is InChI=1S/C9H11ClN2O2/c10-7-2-1-3-8(6(7)4-11)14-5-9(12)13/h1-3H,4-5,11H2,(H2,12,13). The van der Waals surface area contributed by atoms with E-state index in [2.05, 4.69) is 0 Å². The minimum atomic E-state index is -0.534. The van der Waals surface area contributed by atoms with Crippen molar-refractivity contribution in [2.75, 3.05) is 6.61 Å². The van der Waals surface area contributed by atoms with Gasteiger partial charge in [-0.1, -0.05) is 17.7 Å². The lowest BCUT2D eigenvalue weighted by Gasteiger charge is -2.09. The molecule has 4 nitrogen and oxygen atoms in total. The van der Waals surface area contributed by atoms with Crippen LogP contribution in [0.5, 0.6) is 5.75 Å². The van der Waals surface area contributed by atoms with Gasteiger partial charge in [-0.15, -0.1) is 0 Å². The Morgan fingerprint density at radius 1 is 1.50 bits per heavy atom. The summed E-state index contributed by atoms with van der Waals surface area (Å²) in [5.74, 6) is -0.0354. The molecule has 14 heavy (non-hydrogen) atoms. The molecule has 0 bridgehead atoms. The van der Waals surface area contributed by atoms with Gasteiger partial charge in [-0.3, -0.25) is 4.79 Å². The molecule has 0 aliphatic rings. The molecule has 1 amide bonds. The number of halogens is 1. The quantitative estimate of drug-likeness (QED) is 0.773. The van der Waals surface area contributed by atoms with Crippen molar-refractivity contribution in [1.29, 1.82) is 0 Å². The van der Waals surface area contributed by atoms with Crippen molar-refractivity contribution in [2.45, 2.75) is 6.54 Å². The molecule has 0 spiro atoms. The number of carbonyl (C=O) groups is 1. The third kappa shape index (κ3) is 2.61. The fraction of sp³-hybridized carbons (Fsp3) is 0.222. The smallest absolute Gasteiger partial charge is 0.255 e. The number of benzene rings is 1.